The normalized spacial score (nSPS) is 29.3. The molecule has 7 nitrogen and oxygen atoms in total. The summed E-state index contributed by atoms with van der Waals surface area (Å²) in [6.45, 7) is 6.93. The molecule has 1 N–H and O–H groups in total. The Morgan fingerprint density at radius 3 is 2.24 bits per heavy atom. The number of aryl methyl sites for hydroxylation is 1. The molecule has 1 atom stereocenters. The first-order valence-electron chi connectivity index (χ1n) is 14.0. The summed E-state index contributed by atoms with van der Waals surface area (Å²) in [7, 11) is 0. The van der Waals surface area contributed by atoms with E-state index in [1.165, 1.54) is 38.5 Å². The summed E-state index contributed by atoms with van der Waals surface area (Å²) in [6, 6.07) is 13.4. The SMILES string of the molecule is Cc1cccc(C(=O)N2CCN(c3ccc([N+](=O)[O-])c(N[C@@H](C)C45CC6CC(CC(C6)C4)C5)c3)CC2)c1. The Hall–Kier alpha value is -3.09. The van der Waals surface area contributed by atoms with Gasteiger partial charge in [-0.1, -0.05) is 17.7 Å². The summed E-state index contributed by atoms with van der Waals surface area (Å²) < 4.78 is 0. The van der Waals surface area contributed by atoms with Crippen molar-refractivity contribution in [1.82, 2.24) is 4.90 Å². The van der Waals surface area contributed by atoms with Crippen LogP contribution in [-0.2, 0) is 0 Å². The second-order valence-corrected chi connectivity index (χ2v) is 12.3. The molecule has 5 aliphatic rings. The topological polar surface area (TPSA) is 78.7 Å². The Labute approximate surface area is 219 Å². The molecular weight excluding hydrogens is 464 g/mol. The molecule has 4 aliphatic carbocycles. The predicted octanol–water partition coefficient (Wildman–Crippen LogP) is 5.88. The number of nitro groups is 1. The van der Waals surface area contributed by atoms with Gasteiger partial charge in [-0.25, -0.2) is 0 Å². The maximum atomic E-state index is 13.0. The average Bonchev–Trinajstić information content (AvgIpc) is 2.87. The van der Waals surface area contributed by atoms with Crippen molar-refractivity contribution in [3.8, 4) is 0 Å². The Morgan fingerprint density at radius 2 is 1.65 bits per heavy atom. The van der Waals surface area contributed by atoms with Crippen LogP contribution in [0, 0.1) is 40.2 Å². The van der Waals surface area contributed by atoms with E-state index in [4.69, 9.17) is 0 Å². The van der Waals surface area contributed by atoms with Crippen LogP contribution in [0.3, 0.4) is 0 Å². The minimum atomic E-state index is -0.267. The van der Waals surface area contributed by atoms with Crippen LogP contribution in [-0.4, -0.2) is 48.0 Å². The lowest BCUT2D eigenvalue weighted by Gasteiger charge is -2.59. The van der Waals surface area contributed by atoms with Crippen LogP contribution >= 0.6 is 0 Å². The summed E-state index contributed by atoms with van der Waals surface area (Å²) in [5.74, 6) is 2.60. The van der Waals surface area contributed by atoms with Gasteiger partial charge in [-0.3, -0.25) is 14.9 Å². The minimum absolute atomic E-state index is 0.0683. The van der Waals surface area contributed by atoms with Gasteiger partial charge in [0.2, 0.25) is 0 Å². The second kappa shape index (κ2) is 9.34. The van der Waals surface area contributed by atoms with Crippen molar-refractivity contribution in [3.05, 3.63) is 63.7 Å². The predicted molar refractivity (Wildman–Crippen MR) is 146 cm³/mol. The number of piperazine rings is 1. The van der Waals surface area contributed by atoms with E-state index in [0.29, 0.717) is 31.9 Å². The van der Waals surface area contributed by atoms with Gasteiger partial charge in [0.25, 0.3) is 11.6 Å². The molecule has 5 fully saturated rings. The van der Waals surface area contributed by atoms with E-state index in [0.717, 1.165) is 34.6 Å². The van der Waals surface area contributed by atoms with Gasteiger partial charge >= 0.3 is 0 Å². The molecule has 1 saturated heterocycles. The van der Waals surface area contributed by atoms with Crippen molar-refractivity contribution in [2.45, 2.75) is 58.4 Å². The third-order valence-electron chi connectivity index (χ3n) is 9.75. The fraction of sp³-hybridized carbons (Fsp3) is 0.567. The highest BCUT2D eigenvalue weighted by atomic mass is 16.6. The van der Waals surface area contributed by atoms with Crippen LogP contribution in [0.5, 0.6) is 0 Å². The van der Waals surface area contributed by atoms with Gasteiger partial charge in [0.05, 0.1) is 4.92 Å². The number of rotatable bonds is 6. The molecule has 1 amide bonds. The summed E-state index contributed by atoms with van der Waals surface area (Å²) in [4.78, 5) is 28.8. The Kier molecular flexibility index (Phi) is 6.12. The zero-order valence-corrected chi connectivity index (χ0v) is 22.0. The van der Waals surface area contributed by atoms with E-state index < -0.39 is 0 Å². The van der Waals surface area contributed by atoms with Crippen molar-refractivity contribution < 1.29 is 9.72 Å². The highest BCUT2D eigenvalue weighted by molar-refractivity contribution is 5.94. The second-order valence-electron chi connectivity index (χ2n) is 12.3. The van der Waals surface area contributed by atoms with E-state index in [-0.39, 0.29) is 28.0 Å². The molecule has 2 aromatic carbocycles. The largest absolute Gasteiger partial charge is 0.376 e. The van der Waals surface area contributed by atoms with Crippen molar-refractivity contribution in [2.24, 2.45) is 23.2 Å². The van der Waals surface area contributed by atoms with E-state index in [1.54, 1.807) is 6.07 Å². The van der Waals surface area contributed by atoms with Gasteiger partial charge in [0.1, 0.15) is 5.69 Å². The third kappa shape index (κ3) is 4.57. The van der Waals surface area contributed by atoms with Crippen LogP contribution in [0.15, 0.2) is 42.5 Å². The molecule has 0 unspecified atom stereocenters. The first-order valence-corrected chi connectivity index (χ1v) is 14.0. The lowest BCUT2D eigenvalue weighted by Crippen LogP contribution is -2.53. The van der Waals surface area contributed by atoms with Gasteiger partial charge < -0.3 is 15.1 Å². The maximum absolute atomic E-state index is 13.0. The van der Waals surface area contributed by atoms with E-state index in [2.05, 4.69) is 17.1 Å². The van der Waals surface area contributed by atoms with Crippen LogP contribution in [0.25, 0.3) is 0 Å². The quantitative estimate of drug-likeness (QED) is 0.394. The number of carbonyl (C=O) groups excluding carboxylic acids is 1. The fourth-order valence-electron chi connectivity index (χ4n) is 8.22. The number of nitrogens with one attached hydrogen (secondary N) is 1. The molecule has 196 valence electrons. The van der Waals surface area contributed by atoms with Gasteiger partial charge in [0, 0.05) is 49.5 Å². The summed E-state index contributed by atoms with van der Waals surface area (Å²) >= 11 is 0. The zero-order chi connectivity index (χ0) is 25.7. The smallest absolute Gasteiger partial charge is 0.292 e. The number of benzene rings is 2. The number of hydrogen-bond donors (Lipinski definition) is 1. The lowest BCUT2D eigenvalue weighted by molar-refractivity contribution is -0.384. The first-order chi connectivity index (χ1) is 17.8. The van der Waals surface area contributed by atoms with Crippen molar-refractivity contribution in [2.75, 3.05) is 36.4 Å². The van der Waals surface area contributed by atoms with E-state index >= 15 is 0 Å². The molecule has 1 aliphatic heterocycles. The number of carbonyl (C=O) groups is 1. The Bertz CT molecular complexity index is 1170. The monoisotopic (exact) mass is 502 g/mol. The van der Waals surface area contributed by atoms with Crippen LogP contribution < -0.4 is 10.2 Å². The standard InChI is InChI=1S/C30H38N4O3/c1-20-4-3-5-25(12-20)29(35)33-10-8-32(9-11-33)26-6-7-28(34(36)37)27(16-26)31-21(2)30-17-22-13-23(18-30)15-24(14-22)19-30/h3-7,12,16,21-24,31H,8-11,13-15,17-19H2,1-2H3/t21-,22?,23?,24?,30?/m0/s1. The molecule has 0 aromatic heterocycles. The fourth-order valence-corrected chi connectivity index (χ4v) is 8.22. The maximum Gasteiger partial charge on any atom is 0.292 e. The molecule has 1 heterocycles. The molecule has 0 radical (unpaired) electrons. The average molecular weight is 503 g/mol. The number of nitrogens with zero attached hydrogens (tertiary/aromatic N) is 3. The first kappa shape index (κ1) is 24.3. The van der Waals surface area contributed by atoms with Gasteiger partial charge in [0.15, 0.2) is 0 Å². The van der Waals surface area contributed by atoms with Crippen molar-refractivity contribution in [1.29, 1.82) is 0 Å². The van der Waals surface area contributed by atoms with Crippen LogP contribution in [0.4, 0.5) is 17.1 Å². The number of anilines is 2. The molecule has 0 spiro atoms. The molecule has 7 rings (SSSR count). The molecular formula is C30H38N4O3. The third-order valence-corrected chi connectivity index (χ3v) is 9.75. The molecule has 2 aromatic rings. The number of amides is 1. The molecule has 4 bridgehead atoms. The number of hydrogen-bond acceptors (Lipinski definition) is 5. The Balaban J connectivity index is 1.17. The number of nitro benzene ring substituents is 1. The Morgan fingerprint density at radius 1 is 1.00 bits per heavy atom. The zero-order valence-electron chi connectivity index (χ0n) is 22.0. The van der Waals surface area contributed by atoms with E-state index in [9.17, 15) is 14.9 Å². The summed E-state index contributed by atoms with van der Waals surface area (Å²) in [5, 5.41) is 15.6. The van der Waals surface area contributed by atoms with Crippen LogP contribution in [0.2, 0.25) is 0 Å². The lowest BCUT2D eigenvalue weighted by atomic mass is 9.48. The highest BCUT2D eigenvalue weighted by Gasteiger charge is 2.53. The molecule has 4 saturated carbocycles. The molecule has 7 heteroatoms. The van der Waals surface area contributed by atoms with Crippen LogP contribution in [0.1, 0.15) is 61.4 Å². The van der Waals surface area contributed by atoms with Gasteiger partial charge in [-0.2, -0.15) is 0 Å². The highest BCUT2D eigenvalue weighted by Crippen LogP contribution is 2.61. The van der Waals surface area contributed by atoms with E-state index in [1.807, 2.05) is 48.2 Å². The van der Waals surface area contributed by atoms with Crippen molar-refractivity contribution >= 4 is 23.0 Å². The summed E-state index contributed by atoms with van der Waals surface area (Å²) in [6.07, 6.45) is 7.95. The minimum Gasteiger partial charge on any atom is -0.376 e. The van der Waals surface area contributed by atoms with Crippen molar-refractivity contribution in [3.63, 3.8) is 0 Å². The molecule has 37 heavy (non-hydrogen) atoms. The van der Waals surface area contributed by atoms with Gasteiger partial charge in [-0.05, 0) is 99.8 Å². The van der Waals surface area contributed by atoms with Gasteiger partial charge in [-0.15, -0.1) is 0 Å². The summed E-state index contributed by atoms with van der Waals surface area (Å²) in [5.41, 5.74) is 3.83.